The maximum Gasteiger partial charge on any atom is 0.295 e. The molecule has 0 aliphatic carbocycles. The van der Waals surface area contributed by atoms with E-state index in [0.29, 0.717) is 23.5 Å². The van der Waals surface area contributed by atoms with Crippen molar-refractivity contribution >= 4 is 17.4 Å². The first-order valence-corrected chi connectivity index (χ1v) is 9.83. The summed E-state index contributed by atoms with van der Waals surface area (Å²) in [7, 11) is 1.47. The van der Waals surface area contributed by atoms with Gasteiger partial charge in [0.2, 0.25) is 0 Å². The van der Waals surface area contributed by atoms with Gasteiger partial charge in [-0.2, -0.15) is 0 Å². The summed E-state index contributed by atoms with van der Waals surface area (Å²) >= 11 is 0. The lowest BCUT2D eigenvalue weighted by Gasteiger charge is -2.27. The molecular weight excluding hydrogens is 386 g/mol. The Morgan fingerprint density at radius 1 is 1.20 bits per heavy atom. The number of methoxy groups -OCH3 is 1. The van der Waals surface area contributed by atoms with E-state index in [-0.39, 0.29) is 29.7 Å². The number of aromatic hydroxyl groups is 1. The third-order valence-corrected chi connectivity index (χ3v) is 5.51. The maximum atomic E-state index is 13.0. The van der Waals surface area contributed by atoms with Crippen molar-refractivity contribution in [2.75, 3.05) is 20.3 Å². The van der Waals surface area contributed by atoms with E-state index >= 15 is 0 Å². The standard InChI is InChI=1S/C23H23NO6/c1-29-18-10-3-2-9-17(18)21(26)19-20(14-6-4-7-15(25)12-14)24(23(28)22(19)27)13-16-8-5-11-30-16/h2-4,6-7,9-10,12,16,20,25-26H,5,8,11,13H2,1H3/b21-19-. The van der Waals surface area contributed by atoms with Gasteiger partial charge in [-0.25, -0.2) is 0 Å². The molecule has 0 bridgehead atoms. The van der Waals surface area contributed by atoms with Gasteiger partial charge in [-0.1, -0.05) is 24.3 Å². The number of likely N-dealkylation sites (tertiary alicyclic amines) is 1. The first-order chi connectivity index (χ1) is 14.5. The minimum Gasteiger partial charge on any atom is -0.508 e. The highest BCUT2D eigenvalue weighted by atomic mass is 16.5. The lowest BCUT2D eigenvalue weighted by molar-refractivity contribution is -0.140. The molecule has 2 N–H and O–H groups in total. The van der Waals surface area contributed by atoms with Gasteiger partial charge >= 0.3 is 0 Å². The summed E-state index contributed by atoms with van der Waals surface area (Å²) in [6.07, 6.45) is 1.52. The molecule has 0 aromatic heterocycles. The van der Waals surface area contributed by atoms with E-state index in [1.165, 1.54) is 24.1 Å². The number of ketones is 1. The van der Waals surface area contributed by atoms with Crippen molar-refractivity contribution < 1.29 is 29.3 Å². The number of phenolic OH excluding ortho intramolecular Hbond substituents is 1. The number of phenols is 1. The van der Waals surface area contributed by atoms with Crippen LogP contribution < -0.4 is 4.74 Å². The molecule has 0 spiro atoms. The first-order valence-electron chi connectivity index (χ1n) is 9.83. The van der Waals surface area contributed by atoms with Crippen LogP contribution >= 0.6 is 0 Å². The molecule has 2 aliphatic heterocycles. The third kappa shape index (κ3) is 3.52. The summed E-state index contributed by atoms with van der Waals surface area (Å²) in [5.41, 5.74) is 0.817. The molecule has 2 aliphatic rings. The number of hydrogen-bond acceptors (Lipinski definition) is 6. The number of carbonyl (C=O) groups is 2. The molecule has 2 heterocycles. The minimum absolute atomic E-state index is 0.00694. The van der Waals surface area contributed by atoms with Crippen molar-refractivity contribution in [3.05, 3.63) is 65.2 Å². The van der Waals surface area contributed by atoms with Crippen LogP contribution in [0.25, 0.3) is 5.76 Å². The van der Waals surface area contributed by atoms with Crippen molar-refractivity contribution in [3.8, 4) is 11.5 Å². The van der Waals surface area contributed by atoms with E-state index in [0.717, 1.165) is 12.8 Å². The summed E-state index contributed by atoms with van der Waals surface area (Å²) in [6, 6.07) is 12.3. The Morgan fingerprint density at radius 2 is 2.00 bits per heavy atom. The molecule has 0 saturated carbocycles. The topological polar surface area (TPSA) is 96.3 Å². The number of nitrogens with zero attached hydrogens (tertiary/aromatic N) is 1. The number of rotatable bonds is 5. The van der Waals surface area contributed by atoms with E-state index in [1.807, 2.05) is 0 Å². The van der Waals surface area contributed by atoms with Crippen LogP contribution in [0.5, 0.6) is 11.5 Å². The molecule has 156 valence electrons. The quantitative estimate of drug-likeness (QED) is 0.448. The van der Waals surface area contributed by atoms with Crippen LogP contribution in [0.1, 0.15) is 30.0 Å². The van der Waals surface area contributed by atoms with Gasteiger partial charge in [0, 0.05) is 13.2 Å². The van der Waals surface area contributed by atoms with Crippen LogP contribution in [0.2, 0.25) is 0 Å². The molecule has 1 amide bonds. The highest BCUT2D eigenvalue weighted by Crippen LogP contribution is 2.42. The first kappa shape index (κ1) is 20.0. The van der Waals surface area contributed by atoms with Crippen LogP contribution in [0.15, 0.2) is 54.1 Å². The highest BCUT2D eigenvalue weighted by Gasteiger charge is 2.47. The second kappa shape index (κ2) is 8.20. The van der Waals surface area contributed by atoms with Crippen LogP contribution in [0.4, 0.5) is 0 Å². The van der Waals surface area contributed by atoms with Crippen LogP contribution in [0.3, 0.4) is 0 Å². The predicted molar refractivity (Wildman–Crippen MR) is 109 cm³/mol. The summed E-state index contributed by atoms with van der Waals surface area (Å²) in [4.78, 5) is 27.4. The molecule has 7 nitrogen and oxygen atoms in total. The Bertz CT molecular complexity index is 1010. The normalized spacial score (nSPS) is 23.2. The molecular formula is C23H23NO6. The Labute approximate surface area is 174 Å². The third-order valence-electron chi connectivity index (χ3n) is 5.51. The van der Waals surface area contributed by atoms with Crippen LogP contribution in [-0.4, -0.2) is 53.2 Å². The summed E-state index contributed by atoms with van der Waals surface area (Å²) in [5, 5.41) is 21.1. The fourth-order valence-corrected chi connectivity index (χ4v) is 4.10. The largest absolute Gasteiger partial charge is 0.508 e. The van der Waals surface area contributed by atoms with Gasteiger partial charge < -0.3 is 24.6 Å². The summed E-state index contributed by atoms with van der Waals surface area (Å²) in [5.74, 6) is -1.39. The van der Waals surface area contributed by atoms with Gasteiger partial charge in [0.25, 0.3) is 11.7 Å². The average molecular weight is 409 g/mol. The summed E-state index contributed by atoms with van der Waals surface area (Å²) < 4.78 is 11.0. The van der Waals surface area contributed by atoms with Gasteiger partial charge in [0.1, 0.15) is 17.3 Å². The van der Waals surface area contributed by atoms with Gasteiger partial charge in [0.05, 0.1) is 30.4 Å². The zero-order chi connectivity index (χ0) is 21.3. The number of benzene rings is 2. The minimum atomic E-state index is -0.841. The zero-order valence-corrected chi connectivity index (χ0v) is 16.6. The van der Waals surface area contributed by atoms with Gasteiger partial charge in [-0.15, -0.1) is 0 Å². The number of Topliss-reactive ketones (excluding diaryl/α,β-unsaturated/α-hetero) is 1. The number of hydrogen-bond donors (Lipinski definition) is 2. The van der Waals surface area contributed by atoms with Crippen LogP contribution in [-0.2, 0) is 14.3 Å². The Balaban J connectivity index is 1.86. The van der Waals surface area contributed by atoms with E-state index in [1.54, 1.807) is 36.4 Å². The molecule has 30 heavy (non-hydrogen) atoms. The second-order valence-electron chi connectivity index (χ2n) is 7.38. The van der Waals surface area contributed by atoms with Crippen molar-refractivity contribution in [3.63, 3.8) is 0 Å². The van der Waals surface area contributed by atoms with E-state index in [9.17, 15) is 19.8 Å². The predicted octanol–water partition coefficient (Wildman–Crippen LogP) is 3.00. The fourth-order valence-electron chi connectivity index (χ4n) is 4.10. The average Bonchev–Trinajstić information content (AvgIpc) is 3.35. The molecule has 2 fully saturated rings. The monoisotopic (exact) mass is 409 g/mol. The lowest BCUT2D eigenvalue weighted by Crippen LogP contribution is -2.36. The molecule has 2 saturated heterocycles. The van der Waals surface area contributed by atoms with E-state index in [2.05, 4.69) is 0 Å². The molecule has 2 unspecified atom stereocenters. The molecule has 0 radical (unpaired) electrons. The van der Waals surface area contributed by atoms with Crippen molar-refractivity contribution in [2.24, 2.45) is 0 Å². The number of aliphatic hydroxyl groups excluding tert-OH is 1. The van der Waals surface area contributed by atoms with Gasteiger partial charge in [-0.05, 0) is 42.7 Å². The smallest absolute Gasteiger partial charge is 0.295 e. The van der Waals surface area contributed by atoms with Gasteiger partial charge in [-0.3, -0.25) is 9.59 Å². The molecule has 2 aromatic rings. The van der Waals surface area contributed by atoms with Crippen molar-refractivity contribution in [1.82, 2.24) is 4.90 Å². The molecule has 2 atom stereocenters. The SMILES string of the molecule is COc1ccccc1/C(O)=C1/C(=O)C(=O)N(CC2CCCO2)C1c1cccc(O)c1. The number of carbonyl (C=O) groups excluding carboxylic acids is 2. The summed E-state index contributed by atoms with van der Waals surface area (Å²) in [6.45, 7) is 0.847. The highest BCUT2D eigenvalue weighted by molar-refractivity contribution is 6.46. The molecule has 7 heteroatoms. The molecule has 4 rings (SSSR count). The number of ether oxygens (including phenoxy) is 2. The van der Waals surface area contributed by atoms with E-state index in [4.69, 9.17) is 9.47 Å². The molecule has 2 aromatic carbocycles. The Kier molecular flexibility index (Phi) is 5.46. The van der Waals surface area contributed by atoms with E-state index < -0.39 is 17.7 Å². The van der Waals surface area contributed by atoms with Gasteiger partial charge in [0.15, 0.2) is 0 Å². The lowest BCUT2D eigenvalue weighted by atomic mass is 9.94. The second-order valence-corrected chi connectivity index (χ2v) is 7.38. The Morgan fingerprint density at radius 3 is 2.70 bits per heavy atom. The Hall–Kier alpha value is -3.32. The maximum absolute atomic E-state index is 13.0. The number of para-hydroxylation sites is 1. The fraction of sp³-hybridized carbons (Fsp3) is 0.304. The van der Waals surface area contributed by atoms with Crippen LogP contribution in [0, 0.1) is 0 Å². The number of amides is 1. The zero-order valence-electron chi connectivity index (χ0n) is 16.6. The number of aliphatic hydroxyl groups is 1. The van der Waals surface area contributed by atoms with Crippen molar-refractivity contribution in [2.45, 2.75) is 25.0 Å². The van der Waals surface area contributed by atoms with Crippen molar-refractivity contribution in [1.29, 1.82) is 0 Å².